The van der Waals surface area contributed by atoms with Gasteiger partial charge in [0.05, 0.1) is 0 Å². The average Bonchev–Trinajstić information content (AvgIpc) is 2.16. The molecule has 4 aliphatic rings. The van der Waals surface area contributed by atoms with Crippen LogP contribution in [-0.4, -0.2) is 6.54 Å². The summed E-state index contributed by atoms with van der Waals surface area (Å²) >= 11 is 0. The van der Waals surface area contributed by atoms with E-state index in [0.717, 1.165) is 0 Å². The second-order valence-corrected chi connectivity index (χ2v) is 5.40. The molecule has 0 amide bonds. The van der Waals surface area contributed by atoms with Crippen molar-refractivity contribution in [2.75, 3.05) is 6.54 Å². The Kier molecular flexibility index (Phi) is 3.27. The van der Waals surface area contributed by atoms with E-state index >= 15 is 0 Å². The second-order valence-electron chi connectivity index (χ2n) is 5.40. The molecule has 0 heterocycles. The van der Waals surface area contributed by atoms with Gasteiger partial charge < -0.3 is 5.73 Å². The van der Waals surface area contributed by atoms with Crippen molar-refractivity contribution < 1.29 is 0 Å². The quantitative estimate of drug-likeness (QED) is 0.637. The lowest BCUT2D eigenvalue weighted by Crippen LogP contribution is -2.38. The maximum atomic E-state index is 4.91. The van der Waals surface area contributed by atoms with Crippen LogP contribution in [-0.2, 0) is 0 Å². The van der Waals surface area contributed by atoms with Gasteiger partial charge in [-0.2, -0.15) is 0 Å². The highest BCUT2D eigenvalue weighted by Crippen LogP contribution is 2.53. The van der Waals surface area contributed by atoms with Crippen molar-refractivity contribution in [3.05, 3.63) is 12.7 Å². The third-order valence-electron chi connectivity index (χ3n) is 4.17. The van der Waals surface area contributed by atoms with Crippen molar-refractivity contribution in [2.24, 2.45) is 29.4 Å². The first-order chi connectivity index (χ1) is 6.81. The standard InChI is InChI=1S/C10H16.C3H7N/c1-7-2-9-4-8(1)5-10(3-7)6-9;1-2-3-4/h7-10H,1-6H2;2H,1,3-4H2. The fourth-order valence-electron chi connectivity index (χ4n) is 3.98. The van der Waals surface area contributed by atoms with Crippen molar-refractivity contribution in [3.63, 3.8) is 0 Å². The highest BCUT2D eigenvalue weighted by Gasteiger charge is 2.41. The summed E-state index contributed by atoms with van der Waals surface area (Å²) in [6, 6.07) is 0. The summed E-state index contributed by atoms with van der Waals surface area (Å²) in [6.45, 7) is 3.94. The van der Waals surface area contributed by atoms with Crippen LogP contribution in [0.15, 0.2) is 12.7 Å². The number of hydrogen-bond acceptors (Lipinski definition) is 1. The minimum atomic E-state index is 0.583. The van der Waals surface area contributed by atoms with Crippen LogP contribution in [0.5, 0.6) is 0 Å². The van der Waals surface area contributed by atoms with Gasteiger partial charge >= 0.3 is 0 Å². The van der Waals surface area contributed by atoms with E-state index in [4.69, 9.17) is 5.73 Å². The van der Waals surface area contributed by atoms with E-state index in [0.29, 0.717) is 6.54 Å². The molecule has 4 aliphatic carbocycles. The van der Waals surface area contributed by atoms with Crippen LogP contribution in [0.4, 0.5) is 0 Å². The zero-order valence-corrected chi connectivity index (χ0v) is 9.12. The monoisotopic (exact) mass is 193 g/mol. The predicted molar refractivity (Wildman–Crippen MR) is 60.9 cm³/mol. The lowest BCUT2D eigenvalue weighted by molar-refractivity contribution is 0.0198. The minimum absolute atomic E-state index is 0.583. The maximum absolute atomic E-state index is 4.91. The molecule has 4 fully saturated rings. The van der Waals surface area contributed by atoms with E-state index in [1.807, 2.05) is 0 Å². The van der Waals surface area contributed by atoms with E-state index in [1.54, 1.807) is 44.6 Å². The molecule has 1 nitrogen and oxygen atoms in total. The normalized spacial score (nSPS) is 42.9. The molecule has 1 heteroatoms. The zero-order valence-electron chi connectivity index (χ0n) is 9.12. The molecule has 0 aromatic heterocycles. The fourth-order valence-corrected chi connectivity index (χ4v) is 3.98. The Morgan fingerprint density at radius 3 is 1.21 bits per heavy atom. The summed E-state index contributed by atoms with van der Waals surface area (Å²) in [7, 11) is 0. The van der Waals surface area contributed by atoms with E-state index in [1.165, 1.54) is 23.7 Å². The van der Waals surface area contributed by atoms with Gasteiger partial charge in [0.2, 0.25) is 0 Å². The molecular formula is C13H23N. The lowest BCUT2D eigenvalue weighted by Gasteiger charge is -2.49. The molecule has 0 unspecified atom stereocenters. The van der Waals surface area contributed by atoms with Crippen molar-refractivity contribution >= 4 is 0 Å². The Labute approximate surface area is 87.8 Å². The SMILES string of the molecule is C1C2CC3CC1CC(C2)C3.C=CCN. The van der Waals surface area contributed by atoms with Gasteiger partial charge in [-0.1, -0.05) is 6.08 Å². The molecule has 80 valence electrons. The third kappa shape index (κ3) is 2.20. The summed E-state index contributed by atoms with van der Waals surface area (Å²) in [6.07, 6.45) is 11.3. The van der Waals surface area contributed by atoms with Gasteiger partial charge in [0.25, 0.3) is 0 Å². The van der Waals surface area contributed by atoms with Crippen molar-refractivity contribution in [1.29, 1.82) is 0 Å². The Morgan fingerprint density at radius 1 is 0.857 bits per heavy atom. The first-order valence-electron chi connectivity index (χ1n) is 6.12. The van der Waals surface area contributed by atoms with Gasteiger partial charge in [-0.25, -0.2) is 0 Å². The summed E-state index contributed by atoms with van der Waals surface area (Å²) in [5.41, 5.74) is 4.91. The molecule has 2 N–H and O–H groups in total. The van der Waals surface area contributed by atoms with E-state index in [2.05, 4.69) is 6.58 Å². The first kappa shape index (κ1) is 10.2. The van der Waals surface area contributed by atoms with E-state index < -0.39 is 0 Å². The van der Waals surface area contributed by atoms with Crippen molar-refractivity contribution in [1.82, 2.24) is 0 Å². The zero-order chi connectivity index (χ0) is 9.97. The molecular weight excluding hydrogens is 170 g/mol. The van der Waals surface area contributed by atoms with Crippen LogP contribution in [0.1, 0.15) is 38.5 Å². The molecule has 0 radical (unpaired) electrons. The topological polar surface area (TPSA) is 26.0 Å². The molecule has 4 bridgehead atoms. The van der Waals surface area contributed by atoms with Gasteiger partial charge in [-0.3, -0.25) is 0 Å². The van der Waals surface area contributed by atoms with Gasteiger partial charge in [-0.05, 0) is 62.2 Å². The number of rotatable bonds is 1. The summed E-state index contributed by atoms with van der Waals surface area (Å²) < 4.78 is 0. The van der Waals surface area contributed by atoms with Crippen LogP contribution >= 0.6 is 0 Å². The number of nitrogens with two attached hydrogens (primary N) is 1. The Bertz CT molecular complexity index is 141. The smallest absolute Gasteiger partial charge is 0.0104 e. The molecule has 4 saturated carbocycles. The van der Waals surface area contributed by atoms with Crippen molar-refractivity contribution in [3.8, 4) is 0 Å². The Balaban J connectivity index is 0.000000165. The van der Waals surface area contributed by atoms with Crippen LogP contribution < -0.4 is 5.73 Å². The largest absolute Gasteiger partial charge is 0.327 e. The Hall–Kier alpha value is -0.300. The molecule has 4 rings (SSSR count). The summed E-state index contributed by atoms with van der Waals surface area (Å²) in [5, 5.41) is 0. The molecule has 0 saturated heterocycles. The fraction of sp³-hybridized carbons (Fsp3) is 0.846. The second kappa shape index (κ2) is 4.48. The minimum Gasteiger partial charge on any atom is -0.327 e. The van der Waals surface area contributed by atoms with E-state index in [-0.39, 0.29) is 0 Å². The molecule has 0 atom stereocenters. The maximum Gasteiger partial charge on any atom is 0.0104 e. The molecule has 0 aliphatic heterocycles. The highest BCUT2D eigenvalue weighted by molar-refractivity contribution is 4.92. The highest BCUT2D eigenvalue weighted by atomic mass is 14.5. The van der Waals surface area contributed by atoms with Crippen LogP contribution in [0.3, 0.4) is 0 Å². The molecule has 14 heavy (non-hydrogen) atoms. The van der Waals surface area contributed by atoms with Gasteiger partial charge in [0, 0.05) is 6.54 Å². The van der Waals surface area contributed by atoms with Crippen LogP contribution in [0.25, 0.3) is 0 Å². The van der Waals surface area contributed by atoms with Crippen molar-refractivity contribution in [2.45, 2.75) is 38.5 Å². The van der Waals surface area contributed by atoms with Gasteiger partial charge in [0.15, 0.2) is 0 Å². The predicted octanol–water partition coefficient (Wildman–Crippen LogP) is 2.96. The molecule has 0 aromatic rings. The first-order valence-corrected chi connectivity index (χ1v) is 6.12. The molecule has 0 spiro atoms. The van der Waals surface area contributed by atoms with Gasteiger partial charge in [0.1, 0.15) is 0 Å². The van der Waals surface area contributed by atoms with Crippen LogP contribution in [0, 0.1) is 23.7 Å². The molecule has 0 aromatic carbocycles. The van der Waals surface area contributed by atoms with E-state index in [9.17, 15) is 0 Å². The average molecular weight is 193 g/mol. The van der Waals surface area contributed by atoms with Gasteiger partial charge in [-0.15, -0.1) is 6.58 Å². The summed E-state index contributed by atoms with van der Waals surface area (Å²) in [4.78, 5) is 0. The number of hydrogen-bond donors (Lipinski definition) is 1. The lowest BCUT2D eigenvalue weighted by atomic mass is 9.56. The van der Waals surface area contributed by atoms with Crippen LogP contribution in [0.2, 0.25) is 0 Å². The third-order valence-corrected chi connectivity index (χ3v) is 4.17. The Morgan fingerprint density at radius 2 is 1.07 bits per heavy atom. The summed E-state index contributed by atoms with van der Waals surface area (Å²) in [5.74, 6) is 4.71.